The monoisotopic (exact) mass is 542 g/mol. The van der Waals surface area contributed by atoms with Crippen molar-refractivity contribution >= 4 is 23.7 Å². The van der Waals surface area contributed by atoms with E-state index in [-0.39, 0.29) is 18.4 Å². The molecule has 1 aliphatic heterocycles. The molecule has 8 heteroatoms. The molecule has 0 fully saturated rings. The van der Waals surface area contributed by atoms with Gasteiger partial charge in [-0.3, -0.25) is 19.7 Å². The van der Waals surface area contributed by atoms with E-state index in [0.717, 1.165) is 61.3 Å². The Morgan fingerprint density at radius 1 is 1.23 bits per heavy atom. The maximum absolute atomic E-state index is 12.7. The Bertz CT molecular complexity index is 1370. The van der Waals surface area contributed by atoms with E-state index in [1.54, 1.807) is 12.4 Å². The second-order valence-electron chi connectivity index (χ2n) is 10.2. The number of fused-ring (bicyclic) bond motifs is 1. The molecular weight excluding hydrogens is 508 g/mol. The van der Waals surface area contributed by atoms with Gasteiger partial charge in [-0.15, -0.1) is 0 Å². The third kappa shape index (κ3) is 7.11. The van der Waals surface area contributed by atoms with E-state index in [9.17, 15) is 4.79 Å². The Morgan fingerprint density at radius 3 is 3.03 bits per heavy atom. The van der Waals surface area contributed by atoms with Crippen LogP contribution in [0.2, 0.25) is 0 Å². The number of carbonyl (C=O) groups is 1. The van der Waals surface area contributed by atoms with Gasteiger partial charge >= 0.3 is 0 Å². The van der Waals surface area contributed by atoms with Crippen LogP contribution in [0.15, 0.2) is 93.4 Å². The quantitative estimate of drug-likeness (QED) is 0.436. The normalized spacial score (nSPS) is 19.2. The zero-order valence-electron chi connectivity index (χ0n) is 22.4. The molecule has 202 valence electrons. The van der Waals surface area contributed by atoms with Crippen molar-refractivity contribution < 1.29 is 4.79 Å². The topological polar surface area (TPSA) is 86.3 Å². The van der Waals surface area contributed by atoms with Crippen LogP contribution in [0.5, 0.6) is 0 Å². The molecule has 0 saturated carbocycles. The van der Waals surface area contributed by atoms with Gasteiger partial charge in [-0.25, -0.2) is 4.98 Å². The zero-order valence-corrected chi connectivity index (χ0v) is 23.1. The molecule has 0 bridgehead atoms. The van der Waals surface area contributed by atoms with Gasteiger partial charge < -0.3 is 10.3 Å². The van der Waals surface area contributed by atoms with Crippen molar-refractivity contribution in [1.29, 1.82) is 0 Å². The average molecular weight is 543 g/mol. The lowest BCUT2D eigenvalue weighted by Gasteiger charge is -2.35. The number of rotatable bonds is 9. The van der Waals surface area contributed by atoms with Crippen LogP contribution in [0.25, 0.3) is 0 Å². The van der Waals surface area contributed by atoms with Crippen molar-refractivity contribution in [3.8, 4) is 0 Å². The van der Waals surface area contributed by atoms with Crippen LogP contribution in [0.1, 0.15) is 55.7 Å². The van der Waals surface area contributed by atoms with Gasteiger partial charge in [0.05, 0.1) is 36.3 Å². The number of imidazole rings is 1. The third-order valence-corrected chi connectivity index (χ3v) is 7.82. The van der Waals surface area contributed by atoms with Gasteiger partial charge in [0.1, 0.15) is 5.82 Å². The number of aromatic amines is 1. The number of aliphatic imine (C=N–C) groups is 1. The number of halogens is 1. The number of allylic oxidation sites excluding steroid dienone is 5. The van der Waals surface area contributed by atoms with Gasteiger partial charge in [0.15, 0.2) is 0 Å². The predicted octanol–water partition coefficient (Wildman–Crippen LogP) is 5.53. The Morgan fingerprint density at radius 2 is 2.15 bits per heavy atom. The predicted molar refractivity (Wildman–Crippen MR) is 156 cm³/mol. The maximum Gasteiger partial charge on any atom is 0.224 e. The van der Waals surface area contributed by atoms with E-state index in [1.165, 1.54) is 16.8 Å². The van der Waals surface area contributed by atoms with Gasteiger partial charge in [0.2, 0.25) is 5.91 Å². The molecule has 1 unspecified atom stereocenters. The fourth-order valence-corrected chi connectivity index (χ4v) is 5.64. The summed E-state index contributed by atoms with van der Waals surface area (Å²) in [6, 6.07) is 4.49. The highest BCUT2D eigenvalue weighted by Crippen LogP contribution is 2.34. The van der Waals surface area contributed by atoms with Crippen molar-refractivity contribution in [2.24, 2.45) is 4.99 Å². The second kappa shape index (κ2) is 13.0. The molecule has 0 saturated heterocycles. The van der Waals surface area contributed by atoms with Crippen LogP contribution >= 0.6 is 11.6 Å². The highest BCUT2D eigenvalue weighted by molar-refractivity contribution is 6.40. The van der Waals surface area contributed by atoms with E-state index >= 15 is 0 Å². The number of aryl methyl sites for hydroxylation is 1. The molecule has 2 aromatic heterocycles. The molecule has 3 heterocycles. The van der Waals surface area contributed by atoms with Crippen LogP contribution in [-0.4, -0.2) is 51.6 Å². The fraction of sp³-hybridized carbons (Fsp3) is 0.355. The van der Waals surface area contributed by atoms with E-state index in [4.69, 9.17) is 16.6 Å². The van der Waals surface area contributed by atoms with Crippen LogP contribution in [0, 0.1) is 0 Å². The molecule has 1 atom stereocenters. The lowest BCUT2D eigenvalue weighted by atomic mass is 9.90. The summed E-state index contributed by atoms with van der Waals surface area (Å²) < 4.78 is 0. The Labute approximate surface area is 235 Å². The number of aromatic nitrogens is 3. The first kappa shape index (κ1) is 27.0. The molecule has 2 N–H and O–H groups in total. The van der Waals surface area contributed by atoms with Gasteiger partial charge in [-0.1, -0.05) is 48.0 Å². The molecule has 5 rings (SSSR count). The van der Waals surface area contributed by atoms with Crippen molar-refractivity contribution in [2.75, 3.05) is 19.6 Å². The zero-order chi connectivity index (χ0) is 27.0. The number of hydrogen-bond acceptors (Lipinski definition) is 5. The van der Waals surface area contributed by atoms with Gasteiger partial charge in [-0.2, -0.15) is 0 Å². The number of hydrogen-bond donors (Lipinski definition) is 2. The molecule has 0 aromatic carbocycles. The van der Waals surface area contributed by atoms with E-state index < -0.39 is 0 Å². The standard InChI is InChI=1S/C31H35ClN6O/c1-22-12-14-33-19-27(32)26(22)17-30(39)37-18-23-5-2-6-24(11-10-23)20-38(21-29-34-15-16-35-29)28-9-3-7-25-8-4-13-36-31(25)28/h2,4-6,8,11-13,15-16,19,28H,3,7,9-10,14,17-18,20-21H2,1H3,(H,34,35)(H,37,39). The SMILES string of the molecule is CC1=CCN=CC(Cl)=C1CC(=O)NCC1=CC=CC(CN(Cc2ncc[nH]2)C2CCCc3cccnc32)=CC1. The number of nitrogens with one attached hydrogen (secondary N) is 2. The summed E-state index contributed by atoms with van der Waals surface area (Å²) in [5.41, 5.74) is 6.79. The summed E-state index contributed by atoms with van der Waals surface area (Å²) in [4.78, 5) is 32.0. The Hall–Kier alpha value is -3.55. The Balaban J connectivity index is 1.22. The first-order valence-electron chi connectivity index (χ1n) is 13.6. The van der Waals surface area contributed by atoms with Crippen LogP contribution < -0.4 is 5.32 Å². The lowest BCUT2D eigenvalue weighted by Crippen LogP contribution is -2.33. The molecule has 0 radical (unpaired) electrons. The fourth-order valence-electron chi connectivity index (χ4n) is 5.35. The highest BCUT2D eigenvalue weighted by Gasteiger charge is 2.28. The number of nitrogens with zero attached hydrogens (tertiary/aromatic N) is 4. The largest absolute Gasteiger partial charge is 0.352 e. The summed E-state index contributed by atoms with van der Waals surface area (Å²) in [7, 11) is 0. The average Bonchev–Trinajstić information content (AvgIpc) is 3.29. The lowest BCUT2D eigenvalue weighted by molar-refractivity contribution is -0.120. The number of carbonyl (C=O) groups excluding carboxylic acids is 1. The molecule has 3 aliphatic rings. The van der Waals surface area contributed by atoms with Crippen molar-refractivity contribution in [2.45, 2.75) is 51.6 Å². The molecule has 0 spiro atoms. The summed E-state index contributed by atoms with van der Waals surface area (Å²) in [5.74, 6) is 0.913. The molecule has 39 heavy (non-hydrogen) atoms. The van der Waals surface area contributed by atoms with Gasteiger partial charge in [0.25, 0.3) is 0 Å². The van der Waals surface area contributed by atoms with Crippen LogP contribution in [0.4, 0.5) is 0 Å². The molecular formula is C31H35ClN6O. The summed E-state index contributed by atoms with van der Waals surface area (Å²) in [6.07, 6.45) is 22.2. The third-order valence-electron chi connectivity index (χ3n) is 7.49. The van der Waals surface area contributed by atoms with E-state index in [1.807, 2.05) is 31.5 Å². The summed E-state index contributed by atoms with van der Waals surface area (Å²) in [5, 5.41) is 3.61. The highest BCUT2D eigenvalue weighted by atomic mass is 35.5. The first-order chi connectivity index (χ1) is 19.1. The summed E-state index contributed by atoms with van der Waals surface area (Å²) >= 11 is 6.35. The number of amides is 1. The summed E-state index contributed by atoms with van der Waals surface area (Å²) in [6.45, 7) is 4.59. The first-order valence-corrected chi connectivity index (χ1v) is 14.0. The van der Waals surface area contributed by atoms with Crippen molar-refractivity contribution in [1.82, 2.24) is 25.2 Å². The maximum atomic E-state index is 12.7. The van der Waals surface area contributed by atoms with Gasteiger partial charge in [-0.05, 0) is 66.5 Å². The molecule has 2 aromatic rings. The van der Waals surface area contributed by atoms with E-state index in [0.29, 0.717) is 18.1 Å². The number of pyridine rings is 1. The molecule has 2 aliphatic carbocycles. The second-order valence-corrected chi connectivity index (χ2v) is 10.6. The van der Waals surface area contributed by atoms with Crippen molar-refractivity contribution in [3.63, 3.8) is 0 Å². The smallest absolute Gasteiger partial charge is 0.224 e. The molecule has 1 amide bonds. The minimum atomic E-state index is -0.0439. The minimum absolute atomic E-state index is 0.0439. The minimum Gasteiger partial charge on any atom is -0.352 e. The van der Waals surface area contributed by atoms with E-state index in [2.05, 4.69) is 55.5 Å². The Kier molecular flexibility index (Phi) is 9.01. The van der Waals surface area contributed by atoms with Crippen LogP contribution in [-0.2, 0) is 17.8 Å². The van der Waals surface area contributed by atoms with Gasteiger partial charge in [0, 0.05) is 37.9 Å². The van der Waals surface area contributed by atoms with Crippen LogP contribution in [0.3, 0.4) is 0 Å². The van der Waals surface area contributed by atoms with Crippen molar-refractivity contribution in [3.05, 3.63) is 106 Å². The molecule has 7 nitrogen and oxygen atoms in total. The number of H-pyrrole nitrogens is 1.